The average Bonchev–Trinajstić information content (AvgIpc) is 3.07. The molecule has 1 atom stereocenters. The molecule has 110 valence electrons. The van der Waals surface area contributed by atoms with Gasteiger partial charge in [0.25, 0.3) is 0 Å². The first kappa shape index (κ1) is 13.8. The van der Waals surface area contributed by atoms with E-state index in [0.717, 1.165) is 43.1 Å². The van der Waals surface area contributed by atoms with Crippen LogP contribution in [-0.2, 0) is 4.74 Å². The second-order valence-corrected chi connectivity index (χ2v) is 5.09. The first-order valence-corrected chi connectivity index (χ1v) is 7.33. The summed E-state index contributed by atoms with van der Waals surface area (Å²) < 4.78 is 5.62. The highest BCUT2D eigenvalue weighted by atomic mass is 16.5. The van der Waals surface area contributed by atoms with Crippen molar-refractivity contribution in [3.63, 3.8) is 0 Å². The molecule has 1 aromatic heterocycles. The lowest BCUT2D eigenvalue weighted by molar-refractivity contribution is 0.120. The number of nitrogens with one attached hydrogen (secondary N) is 2. The molecule has 0 spiro atoms. The van der Waals surface area contributed by atoms with Crippen molar-refractivity contribution < 1.29 is 4.74 Å². The molecular weight excluding hydrogens is 264 g/mol. The quantitative estimate of drug-likeness (QED) is 0.884. The maximum absolute atomic E-state index is 5.62. The molecule has 2 N–H and O–H groups in total. The van der Waals surface area contributed by atoms with Gasteiger partial charge in [-0.2, -0.15) is 4.98 Å². The van der Waals surface area contributed by atoms with Crippen LogP contribution in [0.4, 0.5) is 11.8 Å². The standard InChI is InChI=1S/C16H20N4O/c1-17-16-19-14(12-6-3-2-4-7-12)10-15(20-16)18-11-13-8-5-9-21-13/h2-4,6-7,10,13H,5,8-9,11H2,1H3,(H2,17,18,19,20)/t13-/m0/s1. The normalized spacial score (nSPS) is 17.7. The maximum Gasteiger partial charge on any atom is 0.224 e. The lowest BCUT2D eigenvalue weighted by atomic mass is 10.1. The second-order valence-electron chi connectivity index (χ2n) is 5.09. The van der Waals surface area contributed by atoms with Crippen LogP contribution >= 0.6 is 0 Å². The molecule has 2 aromatic rings. The van der Waals surface area contributed by atoms with Crippen molar-refractivity contribution in [2.24, 2.45) is 0 Å². The molecule has 5 nitrogen and oxygen atoms in total. The number of anilines is 2. The number of hydrogen-bond donors (Lipinski definition) is 2. The van der Waals surface area contributed by atoms with Crippen LogP contribution < -0.4 is 10.6 Å². The summed E-state index contributed by atoms with van der Waals surface area (Å²) in [5.74, 6) is 1.44. The first-order valence-electron chi connectivity index (χ1n) is 7.33. The van der Waals surface area contributed by atoms with Gasteiger partial charge in [0, 0.05) is 31.8 Å². The summed E-state index contributed by atoms with van der Waals surface area (Å²) in [6, 6.07) is 12.1. The third-order valence-electron chi connectivity index (χ3n) is 3.55. The van der Waals surface area contributed by atoms with Crippen LogP contribution in [-0.4, -0.2) is 36.3 Å². The lowest BCUT2D eigenvalue weighted by Gasteiger charge is -2.13. The Labute approximate surface area is 124 Å². The molecule has 1 aromatic carbocycles. The van der Waals surface area contributed by atoms with E-state index in [-0.39, 0.29) is 6.10 Å². The summed E-state index contributed by atoms with van der Waals surface area (Å²) in [6.45, 7) is 1.65. The molecule has 3 rings (SSSR count). The molecule has 5 heteroatoms. The molecule has 0 radical (unpaired) electrons. The van der Waals surface area contributed by atoms with Crippen molar-refractivity contribution in [1.29, 1.82) is 0 Å². The average molecular weight is 284 g/mol. The van der Waals surface area contributed by atoms with E-state index in [1.807, 2.05) is 43.4 Å². The Balaban J connectivity index is 1.79. The molecule has 1 saturated heterocycles. The summed E-state index contributed by atoms with van der Waals surface area (Å²) in [5.41, 5.74) is 1.99. The van der Waals surface area contributed by atoms with Gasteiger partial charge in [0.2, 0.25) is 5.95 Å². The fourth-order valence-electron chi connectivity index (χ4n) is 2.43. The number of nitrogens with zero attached hydrogens (tertiary/aromatic N) is 2. The van der Waals surface area contributed by atoms with Crippen molar-refractivity contribution in [2.75, 3.05) is 30.8 Å². The van der Waals surface area contributed by atoms with Crippen LogP contribution in [0.25, 0.3) is 11.3 Å². The predicted molar refractivity (Wildman–Crippen MR) is 84.5 cm³/mol. The number of benzene rings is 1. The van der Waals surface area contributed by atoms with Gasteiger partial charge in [-0.3, -0.25) is 0 Å². The number of aromatic nitrogens is 2. The molecule has 0 aliphatic carbocycles. The van der Waals surface area contributed by atoms with Crippen molar-refractivity contribution in [1.82, 2.24) is 9.97 Å². The summed E-state index contributed by atoms with van der Waals surface area (Å²) in [4.78, 5) is 8.96. The molecule has 0 saturated carbocycles. The minimum Gasteiger partial charge on any atom is -0.376 e. The SMILES string of the molecule is CNc1nc(NC[C@@H]2CCCO2)cc(-c2ccccc2)n1. The molecule has 0 unspecified atom stereocenters. The van der Waals surface area contributed by atoms with Crippen LogP contribution in [0.3, 0.4) is 0 Å². The largest absolute Gasteiger partial charge is 0.376 e. The third-order valence-corrected chi connectivity index (χ3v) is 3.55. The monoisotopic (exact) mass is 284 g/mol. The Morgan fingerprint density at radius 2 is 2.10 bits per heavy atom. The molecule has 2 heterocycles. The van der Waals surface area contributed by atoms with Crippen LogP contribution in [0.2, 0.25) is 0 Å². The molecule has 1 fully saturated rings. The smallest absolute Gasteiger partial charge is 0.224 e. The molecular formula is C16H20N4O. The van der Waals surface area contributed by atoms with E-state index in [1.165, 1.54) is 0 Å². The maximum atomic E-state index is 5.62. The molecule has 1 aliphatic heterocycles. The highest BCUT2D eigenvalue weighted by molar-refractivity contribution is 5.64. The number of rotatable bonds is 5. The van der Waals surface area contributed by atoms with Crippen molar-refractivity contribution in [3.8, 4) is 11.3 Å². The zero-order valence-corrected chi connectivity index (χ0v) is 12.2. The van der Waals surface area contributed by atoms with Crippen molar-refractivity contribution in [3.05, 3.63) is 36.4 Å². The van der Waals surface area contributed by atoms with Gasteiger partial charge in [-0.05, 0) is 12.8 Å². The number of hydrogen-bond acceptors (Lipinski definition) is 5. The van der Waals surface area contributed by atoms with Gasteiger partial charge in [0.15, 0.2) is 0 Å². The molecule has 0 amide bonds. The summed E-state index contributed by atoms with van der Waals surface area (Å²) in [5, 5.41) is 6.37. The van der Waals surface area contributed by atoms with Gasteiger partial charge in [0.05, 0.1) is 11.8 Å². The summed E-state index contributed by atoms with van der Waals surface area (Å²) in [6.07, 6.45) is 2.55. The fraction of sp³-hybridized carbons (Fsp3) is 0.375. The van der Waals surface area contributed by atoms with Gasteiger partial charge in [-0.15, -0.1) is 0 Å². The van der Waals surface area contributed by atoms with Crippen molar-refractivity contribution >= 4 is 11.8 Å². The van der Waals surface area contributed by atoms with Crippen LogP contribution in [0.1, 0.15) is 12.8 Å². The third kappa shape index (κ3) is 3.49. The van der Waals surface area contributed by atoms with Gasteiger partial charge < -0.3 is 15.4 Å². The molecule has 0 bridgehead atoms. The minimum absolute atomic E-state index is 0.290. The van der Waals surface area contributed by atoms with E-state index in [0.29, 0.717) is 5.95 Å². The van der Waals surface area contributed by atoms with Crippen LogP contribution in [0.15, 0.2) is 36.4 Å². The van der Waals surface area contributed by atoms with E-state index in [1.54, 1.807) is 0 Å². The van der Waals surface area contributed by atoms with Crippen LogP contribution in [0, 0.1) is 0 Å². The first-order chi connectivity index (χ1) is 10.3. The Morgan fingerprint density at radius 1 is 1.24 bits per heavy atom. The topological polar surface area (TPSA) is 59.1 Å². The van der Waals surface area contributed by atoms with Gasteiger partial charge >= 0.3 is 0 Å². The predicted octanol–water partition coefficient (Wildman–Crippen LogP) is 2.78. The van der Waals surface area contributed by atoms with Gasteiger partial charge in [-0.25, -0.2) is 4.98 Å². The number of ether oxygens (including phenoxy) is 1. The van der Waals surface area contributed by atoms with E-state index in [9.17, 15) is 0 Å². The Hall–Kier alpha value is -2.14. The van der Waals surface area contributed by atoms with Crippen LogP contribution in [0.5, 0.6) is 0 Å². The fourth-order valence-corrected chi connectivity index (χ4v) is 2.43. The van der Waals surface area contributed by atoms with E-state index in [2.05, 4.69) is 20.6 Å². The Morgan fingerprint density at radius 3 is 2.81 bits per heavy atom. The molecule has 1 aliphatic rings. The van der Waals surface area contributed by atoms with E-state index < -0.39 is 0 Å². The van der Waals surface area contributed by atoms with Crippen molar-refractivity contribution in [2.45, 2.75) is 18.9 Å². The van der Waals surface area contributed by atoms with E-state index >= 15 is 0 Å². The van der Waals surface area contributed by atoms with Gasteiger partial charge in [0.1, 0.15) is 5.82 Å². The Bertz CT molecular complexity index is 582. The zero-order chi connectivity index (χ0) is 14.5. The molecule has 21 heavy (non-hydrogen) atoms. The Kier molecular flexibility index (Phi) is 4.31. The lowest BCUT2D eigenvalue weighted by Crippen LogP contribution is -2.19. The highest BCUT2D eigenvalue weighted by Crippen LogP contribution is 2.21. The van der Waals surface area contributed by atoms with E-state index in [4.69, 9.17) is 4.74 Å². The minimum atomic E-state index is 0.290. The highest BCUT2D eigenvalue weighted by Gasteiger charge is 2.15. The zero-order valence-electron chi connectivity index (χ0n) is 12.2. The summed E-state index contributed by atoms with van der Waals surface area (Å²) in [7, 11) is 1.83. The second kappa shape index (κ2) is 6.54. The van der Waals surface area contributed by atoms with Gasteiger partial charge in [-0.1, -0.05) is 30.3 Å². The summed E-state index contributed by atoms with van der Waals surface area (Å²) >= 11 is 0.